The van der Waals surface area contributed by atoms with Crippen LogP contribution in [0.1, 0.15) is 20.8 Å². The van der Waals surface area contributed by atoms with Gasteiger partial charge < -0.3 is 11.1 Å². The van der Waals surface area contributed by atoms with E-state index >= 15 is 0 Å². The molecule has 0 spiro atoms. The minimum absolute atomic E-state index is 0. The van der Waals surface area contributed by atoms with E-state index in [4.69, 9.17) is 17.3 Å². The van der Waals surface area contributed by atoms with Gasteiger partial charge in [0.2, 0.25) is 5.91 Å². The molecule has 0 bridgehead atoms. The van der Waals surface area contributed by atoms with Gasteiger partial charge in [-0.05, 0) is 45.0 Å². The third kappa shape index (κ3) is 7.67. The summed E-state index contributed by atoms with van der Waals surface area (Å²) < 4.78 is 0. The zero-order valence-electron chi connectivity index (χ0n) is 11.3. The van der Waals surface area contributed by atoms with Gasteiger partial charge in [-0.3, -0.25) is 4.79 Å². The molecule has 0 aliphatic carbocycles. The van der Waals surface area contributed by atoms with E-state index in [0.717, 1.165) is 4.90 Å². The Morgan fingerprint density at radius 2 is 1.95 bits per heavy atom. The highest BCUT2D eigenvalue weighted by Gasteiger charge is 2.17. The third-order valence-electron chi connectivity index (χ3n) is 2.21. The number of carbonyl (C=O) groups is 1. The summed E-state index contributed by atoms with van der Waals surface area (Å²) in [5, 5.41) is 3.38. The first-order valence-electron chi connectivity index (χ1n) is 5.77. The first-order valence-corrected chi connectivity index (χ1v) is 7.02. The number of carbonyl (C=O) groups excluding carboxylic acids is 1. The van der Waals surface area contributed by atoms with Crippen LogP contribution in [0.4, 0.5) is 0 Å². The Kier molecular flexibility index (Phi) is 7.82. The molecule has 1 atom stereocenters. The summed E-state index contributed by atoms with van der Waals surface area (Å²) in [5.41, 5.74) is 5.43. The summed E-state index contributed by atoms with van der Waals surface area (Å²) in [7, 11) is 0. The maximum Gasteiger partial charge on any atom is 0.233 e. The summed E-state index contributed by atoms with van der Waals surface area (Å²) in [6.45, 7) is 6.10. The smallest absolute Gasteiger partial charge is 0.233 e. The highest BCUT2D eigenvalue weighted by atomic mass is 35.5. The van der Waals surface area contributed by atoms with Crippen LogP contribution in [0.25, 0.3) is 0 Å². The second-order valence-electron chi connectivity index (χ2n) is 4.92. The number of hydrogen-bond acceptors (Lipinski definition) is 3. The molecule has 0 heterocycles. The van der Waals surface area contributed by atoms with Gasteiger partial charge in [0, 0.05) is 22.0 Å². The summed E-state index contributed by atoms with van der Waals surface area (Å²) >= 11 is 7.31. The van der Waals surface area contributed by atoms with Crippen molar-refractivity contribution < 1.29 is 4.79 Å². The topological polar surface area (TPSA) is 55.1 Å². The summed E-state index contributed by atoms with van der Waals surface area (Å²) in [5.74, 6) is -0.00604. The normalized spacial score (nSPS) is 12.5. The first-order chi connectivity index (χ1) is 8.28. The maximum atomic E-state index is 11.8. The summed E-state index contributed by atoms with van der Waals surface area (Å²) in [4.78, 5) is 12.9. The highest BCUT2D eigenvalue weighted by molar-refractivity contribution is 8.00. The molecule has 0 aliphatic rings. The minimum atomic E-state index is -0.389. The average molecular weight is 323 g/mol. The fraction of sp³-hybridized carbons (Fsp3) is 0.462. The van der Waals surface area contributed by atoms with E-state index in [1.54, 1.807) is 0 Å². The molecule has 6 heteroatoms. The van der Waals surface area contributed by atoms with Crippen molar-refractivity contribution in [3.8, 4) is 0 Å². The van der Waals surface area contributed by atoms with Gasteiger partial charge in [-0.2, -0.15) is 0 Å². The second-order valence-corrected chi connectivity index (χ2v) is 6.77. The molecule has 19 heavy (non-hydrogen) atoms. The third-order valence-corrected chi connectivity index (χ3v) is 3.58. The molecule has 1 aromatic rings. The molecule has 108 valence electrons. The molecule has 1 rings (SSSR count). The van der Waals surface area contributed by atoms with Gasteiger partial charge in [-0.25, -0.2) is 0 Å². The second kappa shape index (κ2) is 8.00. The highest BCUT2D eigenvalue weighted by Crippen LogP contribution is 2.24. The zero-order chi connectivity index (χ0) is 13.8. The maximum absolute atomic E-state index is 11.8. The van der Waals surface area contributed by atoms with Crippen molar-refractivity contribution in [2.75, 3.05) is 6.54 Å². The average Bonchev–Trinajstić information content (AvgIpc) is 2.28. The van der Waals surface area contributed by atoms with Crippen molar-refractivity contribution in [2.24, 2.45) is 5.73 Å². The van der Waals surface area contributed by atoms with Gasteiger partial charge in [-0.1, -0.05) is 11.6 Å². The van der Waals surface area contributed by atoms with Crippen molar-refractivity contribution >= 4 is 41.7 Å². The predicted molar refractivity (Wildman–Crippen MR) is 85.3 cm³/mol. The molecule has 1 amide bonds. The molecule has 3 N–H and O–H groups in total. The molecule has 0 saturated carbocycles. The number of halogens is 2. The number of amides is 1. The number of hydrogen-bond donors (Lipinski definition) is 2. The van der Waals surface area contributed by atoms with Gasteiger partial charge >= 0.3 is 0 Å². The Morgan fingerprint density at radius 3 is 2.42 bits per heavy atom. The SMILES string of the molecule is CC(Sc1ccc(Cl)cc1)C(=O)NCC(C)(C)N.Cl. The molecular formula is C13H20Cl2N2OS. The van der Waals surface area contributed by atoms with E-state index in [1.165, 1.54) is 11.8 Å². The number of thioether (sulfide) groups is 1. The molecule has 0 aliphatic heterocycles. The van der Waals surface area contributed by atoms with Crippen LogP contribution >= 0.6 is 35.8 Å². The fourth-order valence-electron chi connectivity index (χ4n) is 1.23. The quantitative estimate of drug-likeness (QED) is 0.819. The van der Waals surface area contributed by atoms with E-state index in [0.29, 0.717) is 11.6 Å². The van der Waals surface area contributed by atoms with Gasteiger partial charge in [0.1, 0.15) is 0 Å². The largest absolute Gasteiger partial charge is 0.353 e. The lowest BCUT2D eigenvalue weighted by molar-refractivity contribution is -0.120. The van der Waals surface area contributed by atoms with Gasteiger partial charge in [-0.15, -0.1) is 24.2 Å². The van der Waals surface area contributed by atoms with E-state index in [1.807, 2.05) is 45.0 Å². The lowest BCUT2D eigenvalue weighted by Gasteiger charge is -2.20. The van der Waals surface area contributed by atoms with Gasteiger partial charge in [0.05, 0.1) is 5.25 Å². The fourth-order valence-corrected chi connectivity index (χ4v) is 2.25. The first kappa shape index (κ1) is 18.6. The Labute approximate surface area is 130 Å². The Balaban J connectivity index is 0.00000324. The molecule has 0 radical (unpaired) electrons. The van der Waals surface area contributed by atoms with E-state index in [2.05, 4.69) is 5.32 Å². The Hall–Kier alpha value is -0.420. The Bertz CT molecular complexity index is 404. The van der Waals surface area contributed by atoms with Crippen molar-refractivity contribution in [1.29, 1.82) is 0 Å². The predicted octanol–water partition coefficient (Wildman–Crippen LogP) is 3.10. The van der Waals surface area contributed by atoms with Crippen LogP contribution in [0.3, 0.4) is 0 Å². The van der Waals surface area contributed by atoms with Crippen molar-refractivity contribution in [2.45, 2.75) is 36.5 Å². The van der Waals surface area contributed by atoms with Crippen molar-refractivity contribution in [3.63, 3.8) is 0 Å². The van der Waals surface area contributed by atoms with E-state index < -0.39 is 0 Å². The molecular weight excluding hydrogens is 303 g/mol. The van der Waals surface area contributed by atoms with Crippen LogP contribution in [0.5, 0.6) is 0 Å². The molecule has 0 saturated heterocycles. The van der Waals surface area contributed by atoms with Gasteiger partial charge in [0.25, 0.3) is 0 Å². The van der Waals surface area contributed by atoms with Crippen LogP contribution in [0.15, 0.2) is 29.2 Å². The summed E-state index contributed by atoms with van der Waals surface area (Å²) in [6.07, 6.45) is 0. The lowest BCUT2D eigenvalue weighted by atomic mass is 10.1. The molecule has 1 aromatic carbocycles. The number of nitrogens with one attached hydrogen (secondary N) is 1. The van der Waals surface area contributed by atoms with E-state index in [9.17, 15) is 4.79 Å². The van der Waals surface area contributed by atoms with Crippen LogP contribution < -0.4 is 11.1 Å². The number of nitrogens with two attached hydrogens (primary N) is 1. The lowest BCUT2D eigenvalue weighted by Crippen LogP contribution is -2.46. The van der Waals surface area contributed by atoms with Crippen LogP contribution in [-0.2, 0) is 4.79 Å². The van der Waals surface area contributed by atoms with Crippen LogP contribution in [0, 0.1) is 0 Å². The molecule has 1 unspecified atom stereocenters. The number of rotatable bonds is 5. The standard InChI is InChI=1S/C13H19ClN2OS.ClH/c1-9(12(17)16-8-13(2,3)15)18-11-6-4-10(14)5-7-11;/h4-7,9H,8,15H2,1-3H3,(H,16,17);1H. The number of benzene rings is 1. The monoisotopic (exact) mass is 322 g/mol. The van der Waals surface area contributed by atoms with Gasteiger partial charge in [0.15, 0.2) is 0 Å². The van der Waals surface area contributed by atoms with Crippen molar-refractivity contribution in [1.82, 2.24) is 5.32 Å². The van der Waals surface area contributed by atoms with Crippen LogP contribution in [0.2, 0.25) is 5.02 Å². The zero-order valence-corrected chi connectivity index (χ0v) is 13.7. The molecule has 0 fully saturated rings. The summed E-state index contributed by atoms with van der Waals surface area (Å²) in [6, 6.07) is 7.45. The molecule has 3 nitrogen and oxygen atoms in total. The molecule has 0 aromatic heterocycles. The van der Waals surface area contributed by atoms with E-state index in [-0.39, 0.29) is 29.1 Å². The van der Waals surface area contributed by atoms with Crippen LogP contribution in [-0.4, -0.2) is 23.2 Å². The minimum Gasteiger partial charge on any atom is -0.353 e. The Morgan fingerprint density at radius 1 is 1.42 bits per heavy atom. The van der Waals surface area contributed by atoms with Crippen molar-refractivity contribution in [3.05, 3.63) is 29.3 Å².